The number of carbonyl (C=O) groups is 3. The maximum atomic E-state index is 13.3. The molecule has 2 unspecified atom stereocenters. The molecule has 2 rings (SSSR count). The second-order valence-corrected chi connectivity index (χ2v) is 6.39. The maximum absolute atomic E-state index is 13.3. The van der Waals surface area contributed by atoms with Crippen LogP contribution in [0.25, 0.3) is 0 Å². The molecule has 0 aromatic heterocycles. The van der Waals surface area contributed by atoms with Crippen LogP contribution < -0.4 is 0 Å². The van der Waals surface area contributed by atoms with E-state index < -0.39 is 42.0 Å². The molecule has 24 heavy (non-hydrogen) atoms. The Morgan fingerprint density at radius 2 is 1.67 bits per heavy atom. The average Bonchev–Trinajstić information content (AvgIpc) is 3.13. The lowest BCUT2D eigenvalue weighted by atomic mass is 10.0. The standard InChI is InChI=1S/C12H13F5N2O4S/c13-11(14,12(15,16)17)8(20)6-2-1-3-18(6)9(21)7-4-24-5-19(7)10(22)23/h6-7H,1-5H2,(H,22,23). The van der Waals surface area contributed by atoms with Crippen LogP contribution in [0.3, 0.4) is 0 Å². The zero-order chi connectivity index (χ0) is 18.3. The van der Waals surface area contributed by atoms with Gasteiger partial charge in [0, 0.05) is 12.3 Å². The molecule has 2 saturated heterocycles. The van der Waals surface area contributed by atoms with Crippen molar-refractivity contribution in [2.24, 2.45) is 0 Å². The highest BCUT2D eigenvalue weighted by molar-refractivity contribution is 7.99. The lowest BCUT2D eigenvalue weighted by Gasteiger charge is -2.31. The molecular weight excluding hydrogens is 363 g/mol. The highest BCUT2D eigenvalue weighted by atomic mass is 32.2. The van der Waals surface area contributed by atoms with E-state index >= 15 is 0 Å². The largest absolute Gasteiger partial charge is 0.465 e. The molecule has 2 amide bonds. The van der Waals surface area contributed by atoms with E-state index in [-0.39, 0.29) is 31.0 Å². The van der Waals surface area contributed by atoms with Crippen molar-refractivity contribution in [3.05, 3.63) is 0 Å². The molecule has 2 aliphatic rings. The van der Waals surface area contributed by atoms with E-state index in [1.54, 1.807) is 0 Å². The normalized spacial score (nSPS) is 25.2. The molecule has 2 fully saturated rings. The second-order valence-electron chi connectivity index (χ2n) is 5.39. The van der Waals surface area contributed by atoms with Gasteiger partial charge in [-0.05, 0) is 12.8 Å². The molecule has 12 heteroatoms. The SMILES string of the molecule is O=C(O)N1CSCC1C(=O)N1CCCC1C(=O)C(F)(F)C(F)(F)F. The van der Waals surface area contributed by atoms with Crippen molar-refractivity contribution in [1.29, 1.82) is 0 Å². The van der Waals surface area contributed by atoms with Crippen molar-refractivity contribution >= 4 is 29.5 Å². The van der Waals surface area contributed by atoms with E-state index in [9.17, 15) is 36.3 Å². The topological polar surface area (TPSA) is 77.9 Å². The average molecular weight is 376 g/mol. The smallest absolute Gasteiger partial charge is 0.461 e. The quantitative estimate of drug-likeness (QED) is 0.760. The van der Waals surface area contributed by atoms with Crippen molar-refractivity contribution in [3.63, 3.8) is 0 Å². The van der Waals surface area contributed by atoms with Gasteiger partial charge in [0.2, 0.25) is 11.7 Å². The predicted octanol–water partition coefficient (Wildman–Crippen LogP) is 1.80. The molecule has 0 aliphatic carbocycles. The predicted molar refractivity (Wildman–Crippen MR) is 71.7 cm³/mol. The molecule has 2 aliphatic heterocycles. The number of halogens is 5. The van der Waals surface area contributed by atoms with Crippen LogP contribution in [0, 0.1) is 0 Å². The zero-order valence-corrected chi connectivity index (χ0v) is 12.9. The number of hydrogen-bond acceptors (Lipinski definition) is 4. The number of rotatable bonds is 3. The Morgan fingerprint density at radius 1 is 1.04 bits per heavy atom. The molecule has 1 N–H and O–H groups in total. The molecule has 0 bridgehead atoms. The summed E-state index contributed by atoms with van der Waals surface area (Å²) in [6.45, 7) is -0.169. The monoisotopic (exact) mass is 376 g/mol. The number of Topliss-reactive ketones (excluding diaryl/α,β-unsaturated/α-hetero) is 1. The van der Waals surface area contributed by atoms with Gasteiger partial charge in [-0.3, -0.25) is 14.5 Å². The molecule has 0 radical (unpaired) electrons. The summed E-state index contributed by atoms with van der Waals surface area (Å²) in [4.78, 5) is 36.5. The number of thioether (sulfide) groups is 1. The molecule has 2 atom stereocenters. The Morgan fingerprint density at radius 3 is 2.21 bits per heavy atom. The molecule has 136 valence electrons. The van der Waals surface area contributed by atoms with Crippen molar-refractivity contribution in [1.82, 2.24) is 9.80 Å². The molecule has 0 spiro atoms. The highest BCUT2D eigenvalue weighted by Crippen LogP contribution is 2.39. The van der Waals surface area contributed by atoms with E-state index in [2.05, 4.69) is 0 Å². The van der Waals surface area contributed by atoms with Gasteiger partial charge in [0.25, 0.3) is 0 Å². The van der Waals surface area contributed by atoms with Gasteiger partial charge in [-0.15, -0.1) is 11.8 Å². The van der Waals surface area contributed by atoms with Gasteiger partial charge in [0.05, 0.1) is 11.9 Å². The fourth-order valence-electron chi connectivity index (χ4n) is 2.68. The Balaban J connectivity index is 2.20. The second kappa shape index (κ2) is 6.37. The third-order valence-corrected chi connectivity index (χ3v) is 4.93. The third-order valence-electron chi connectivity index (χ3n) is 3.92. The first-order valence-electron chi connectivity index (χ1n) is 6.85. The summed E-state index contributed by atoms with van der Waals surface area (Å²) in [5, 5.41) is 8.99. The van der Waals surface area contributed by atoms with Crippen LogP contribution in [-0.2, 0) is 9.59 Å². The zero-order valence-electron chi connectivity index (χ0n) is 12.1. The van der Waals surface area contributed by atoms with Crippen LogP contribution in [0.2, 0.25) is 0 Å². The molecule has 0 aromatic carbocycles. The fourth-order valence-corrected chi connectivity index (χ4v) is 3.82. The number of carboxylic acid groups (broad SMARTS) is 1. The molecular formula is C12H13F5N2O4S. The van der Waals surface area contributed by atoms with Crippen LogP contribution in [0.1, 0.15) is 12.8 Å². The van der Waals surface area contributed by atoms with Crippen molar-refractivity contribution in [2.75, 3.05) is 18.2 Å². The van der Waals surface area contributed by atoms with Gasteiger partial charge < -0.3 is 10.0 Å². The summed E-state index contributed by atoms with van der Waals surface area (Å²) in [5.41, 5.74) is 0. The number of nitrogens with zero attached hydrogens (tertiary/aromatic N) is 2. The van der Waals surface area contributed by atoms with Crippen LogP contribution >= 0.6 is 11.8 Å². The van der Waals surface area contributed by atoms with E-state index in [0.717, 1.165) is 16.7 Å². The Bertz CT molecular complexity index is 556. The first kappa shape index (κ1) is 18.7. The van der Waals surface area contributed by atoms with Crippen molar-refractivity contribution in [3.8, 4) is 0 Å². The van der Waals surface area contributed by atoms with Gasteiger partial charge in [-0.25, -0.2) is 4.79 Å². The van der Waals surface area contributed by atoms with E-state index in [1.165, 1.54) is 0 Å². The van der Waals surface area contributed by atoms with Crippen LogP contribution in [0.15, 0.2) is 0 Å². The minimum atomic E-state index is -6.04. The minimum absolute atomic E-state index is 0.0170. The van der Waals surface area contributed by atoms with Crippen LogP contribution in [0.5, 0.6) is 0 Å². The summed E-state index contributed by atoms with van der Waals surface area (Å²) < 4.78 is 63.7. The number of ketones is 1. The molecule has 2 heterocycles. The lowest BCUT2D eigenvalue weighted by molar-refractivity contribution is -0.270. The number of hydrogen-bond donors (Lipinski definition) is 1. The fraction of sp³-hybridized carbons (Fsp3) is 0.750. The lowest BCUT2D eigenvalue weighted by Crippen LogP contribution is -2.56. The molecule has 0 saturated carbocycles. The summed E-state index contributed by atoms with van der Waals surface area (Å²) >= 11 is 1.11. The van der Waals surface area contributed by atoms with Gasteiger partial charge in [-0.1, -0.05) is 0 Å². The number of alkyl halides is 5. The van der Waals surface area contributed by atoms with E-state index in [1.807, 2.05) is 0 Å². The van der Waals surface area contributed by atoms with Crippen LogP contribution in [-0.4, -0.2) is 75.0 Å². The minimum Gasteiger partial charge on any atom is -0.465 e. The summed E-state index contributed by atoms with van der Waals surface area (Å²) in [5.74, 6) is -8.82. The summed E-state index contributed by atoms with van der Waals surface area (Å²) in [6, 6.07) is -3.10. The molecule has 6 nitrogen and oxygen atoms in total. The number of carbonyl (C=O) groups excluding carboxylic acids is 2. The Hall–Kier alpha value is -1.59. The van der Waals surface area contributed by atoms with Gasteiger partial charge in [-0.2, -0.15) is 22.0 Å². The first-order chi connectivity index (χ1) is 11.0. The van der Waals surface area contributed by atoms with Crippen LogP contribution in [0.4, 0.5) is 26.7 Å². The van der Waals surface area contributed by atoms with Gasteiger partial charge >= 0.3 is 18.2 Å². The summed E-state index contributed by atoms with van der Waals surface area (Å²) in [7, 11) is 0. The number of amides is 2. The van der Waals surface area contributed by atoms with Gasteiger partial charge in [0.1, 0.15) is 6.04 Å². The van der Waals surface area contributed by atoms with Gasteiger partial charge in [0.15, 0.2) is 0 Å². The Labute approximate surface area is 136 Å². The summed E-state index contributed by atoms with van der Waals surface area (Å²) in [6.07, 6.45) is -7.68. The maximum Gasteiger partial charge on any atom is 0.461 e. The molecule has 0 aromatic rings. The first-order valence-corrected chi connectivity index (χ1v) is 8.00. The van der Waals surface area contributed by atoms with E-state index in [4.69, 9.17) is 5.11 Å². The highest BCUT2D eigenvalue weighted by Gasteiger charge is 2.65. The Kier molecular flexibility index (Phi) is 4.98. The number of likely N-dealkylation sites (tertiary alicyclic amines) is 1. The van der Waals surface area contributed by atoms with Crippen molar-refractivity contribution in [2.45, 2.75) is 37.0 Å². The van der Waals surface area contributed by atoms with E-state index in [0.29, 0.717) is 4.90 Å². The third kappa shape index (κ3) is 3.15. The van der Waals surface area contributed by atoms with Crippen molar-refractivity contribution < 1.29 is 41.4 Å².